The average molecular weight is 396 g/mol. The third kappa shape index (κ3) is 10.2. The van der Waals surface area contributed by atoms with Crippen molar-refractivity contribution in [2.75, 3.05) is 59.0 Å². The molecule has 160 valence electrons. The van der Waals surface area contributed by atoms with Crippen molar-refractivity contribution in [3.63, 3.8) is 0 Å². The molecule has 1 fully saturated rings. The number of alkyl halides is 3. The van der Waals surface area contributed by atoms with Crippen molar-refractivity contribution < 1.29 is 22.7 Å². The van der Waals surface area contributed by atoms with Crippen molar-refractivity contribution in [2.45, 2.75) is 52.4 Å². The normalized spacial score (nSPS) is 16.6. The Balaban J connectivity index is 2.15. The fourth-order valence-electron chi connectivity index (χ4n) is 3.27. The summed E-state index contributed by atoms with van der Waals surface area (Å²) in [6.45, 7) is 12.4. The lowest BCUT2D eigenvalue weighted by atomic mass is 10.2. The number of nitrogens with one attached hydrogen (secondary N) is 1. The molecule has 0 radical (unpaired) electrons. The van der Waals surface area contributed by atoms with Crippen LogP contribution in [0.5, 0.6) is 0 Å². The van der Waals surface area contributed by atoms with Gasteiger partial charge in [0.25, 0.3) is 0 Å². The van der Waals surface area contributed by atoms with Crippen LogP contribution >= 0.6 is 0 Å². The number of hydrogen-bond donors (Lipinski definition) is 1. The summed E-state index contributed by atoms with van der Waals surface area (Å²) in [6, 6.07) is 0.826. The highest BCUT2D eigenvalue weighted by Crippen LogP contribution is 2.14. The molecule has 1 rings (SSSR count). The van der Waals surface area contributed by atoms with Crippen molar-refractivity contribution in [1.29, 1.82) is 0 Å². The molecule has 0 aromatic carbocycles. The zero-order chi connectivity index (χ0) is 20.4. The van der Waals surface area contributed by atoms with E-state index < -0.39 is 12.8 Å². The molecule has 0 atom stereocenters. The van der Waals surface area contributed by atoms with Crippen molar-refractivity contribution in [1.82, 2.24) is 20.0 Å². The molecule has 0 unspecified atom stereocenters. The zero-order valence-electron chi connectivity index (χ0n) is 17.0. The number of halogens is 3. The van der Waals surface area contributed by atoms with Crippen molar-refractivity contribution in [2.24, 2.45) is 0 Å². The van der Waals surface area contributed by atoms with Crippen LogP contribution in [0.25, 0.3) is 0 Å². The van der Waals surface area contributed by atoms with E-state index in [2.05, 4.69) is 47.5 Å². The molecule has 1 N–H and O–H groups in total. The van der Waals surface area contributed by atoms with E-state index in [0.29, 0.717) is 44.7 Å². The summed E-state index contributed by atoms with van der Waals surface area (Å²) < 4.78 is 40.6. The molecule has 1 saturated heterocycles. The van der Waals surface area contributed by atoms with E-state index in [9.17, 15) is 18.0 Å². The van der Waals surface area contributed by atoms with Gasteiger partial charge in [-0.3, -0.25) is 9.80 Å². The van der Waals surface area contributed by atoms with Crippen LogP contribution in [-0.2, 0) is 4.74 Å². The Bertz CT molecular complexity index is 417. The molecule has 0 saturated carbocycles. The number of ether oxygens (including phenoxy) is 1. The first-order valence-electron chi connectivity index (χ1n) is 9.75. The summed E-state index contributed by atoms with van der Waals surface area (Å²) in [5.41, 5.74) is 0. The molecule has 1 heterocycles. The van der Waals surface area contributed by atoms with Crippen LogP contribution in [-0.4, -0.2) is 98.0 Å². The summed E-state index contributed by atoms with van der Waals surface area (Å²) >= 11 is 0. The molecular weight excluding hydrogens is 361 g/mol. The number of nitrogens with zero attached hydrogens (tertiary/aromatic N) is 3. The van der Waals surface area contributed by atoms with Gasteiger partial charge in [-0.1, -0.05) is 0 Å². The first-order chi connectivity index (χ1) is 12.6. The number of carbonyl (C=O) groups is 1. The molecular formula is C18H35F3N4O2. The quantitative estimate of drug-likeness (QED) is 0.576. The monoisotopic (exact) mass is 396 g/mol. The average Bonchev–Trinajstić information content (AvgIpc) is 2.57. The molecule has 2 amide bonds. The minimum absolute atomic E-state index is 0.0457. The van der Waals surface area contributed by atoms with E-state index in [4.69, 9.17) is 0 Å². The Morgan fingerprint density at radius 2 is 1.70 bits per heavy atom. The Kier molecular flexibility index (Phi) is 10.4. The van der Waals surface area contributed by atoms with E-state index in [0.717, 1.165) is 19.6 Å². The van der Waals surface area contributed by atoms with Crippen LogP contribution < -0.4 is 5.32 Å². The molecule has 0 aromatic heterocycles. The molecule has 6 nitrogen and oxygen atoms in total. The summed E-state index contributed by atoms with van der Waals surface area (Å²) in [6.07, 6.45) is -3.71. The fraction of sp³-hybridized carbons (Fsp3) is 0.944. The second kappa shape index (κ2) is 11.7. The highest BCUT2D eigenvalue weighted by molar-refractivity contribution is 5.74. The molecule has 0 aliphatic carbocycles. The van der Waals surface area contributed by atoms with Crippen LogP contribution in [0.1, 0.15) is 34.1 Å². The maximum Gasteiger partial charge on any atom is 0.411 e. The van der Waals surface area contributed by atoms with Gasteiger partial charge in [0.15, 0.2) is 0 Å². The topological polar surface area (TPSA) is 48.1 Å². The largest absolute Gasteiger partial charge is 0.411 e. The van der Waals surface area contributed by atoms with Gasteiger partial charge in [-0.2, -0.15) is 13.2 Å². The number of carbonyl (C=O) groups excluding carboxylic acids is 1. The van der Waals surface area contributed by atoms with Gasteiger partial charge in [-0.25, -0.2) is 4.79 Å². The standard InChI is InChI=1S/C18H35F3N4O2/c1-15(2)25(16(3)4)8-6-22-17(26)24-11-9-23(10-12-24)7-5-13-27-14-18(19,20)21/h15-16H,5-14H2,1-4H3,(H,22,26). The van der Waals surface area contributed by atoms with Crippen LogP contribution in [0.15, 0.2) is 0 Å². The van der Waals surface area contributed by atoms with Crippen molar-refractivity contribution >= 4 is 6.03 Å². The van der Waals surface area contributed by atoms with Crippen LogP contribution in [0, 0.1) is 0 Å². The second-order valence-corrected chi connectivity index (χ2v) is 7.51. The molecule has 9 heteroatoms. The highest BCUT2D eigenvalue weighted by atomic mass is 19.4. The van der Waals surface area contributed by atoms with Gasteiger partial charge >= 0.3 is 12.2 Å². The maximum atomic E-state index is 12.3. The predicted octanol–water partition coefficient (Wildman–Crippen LogP) is 2.40. The predicted molar refractivity (Wildman–Crippen MR) is 99.9 cm³/mol. The number of urea groups is 1. The highest BCUT2D eigenvalue weighted by Gasteiger charge is 2.27. The van der Waals surface area contributed by atoms with Gasteiger partial charge in [0.2, 0.25) is 0 Å². The van der Waals surface area contributed by atoms with Crippen molar-refractivity contribution in [3.05, 3.63) is 0 Å². The third-order valence-corrected chi connectivity index (χ3v) is 4.66. The molecule has 0 aromatic rings. The fourth-order valence-corrected chi connectivity index (χ4v) is 3.27. The summed E-state index contributed by atoms with van der Waals surface area (Å²) in [7, 11) is 0. The Hall–Kier alpha value is -1.06. The SMILES string of the molecule is CC(C)N(CCNC(=O)N1CCN(CCCOCC(F)(F)F)CC1)C(C)C. The van der Waals surface area contributed by atoms with Crippen LogP contribution in [0.4, 0.5) is 18.0 Å². The van der Waals surface area contributed by atoms with Crippen molar-refractivity contribution in [3.8, 4) is 0 Å². The van der Waals surface area contributed by atoms with E-state index in [1.807, 2.05) is 0 Å². The number of amides is 2. The first kappa shape index (κ1) is 24.0. The second-order valence-electron chi connectivity index (χ2n) is 7.51. The van der Waals surface area contributed by atoms with Gasteiger partial charge in [-0.05, 0) is 34.1 Å². The molecule has 1 aliphatic heterocycles. The lowest BCUT2D eigenvalue weighted by molar-refractivity contribution is -0.174. The maximum absolute atomic E-state index is 12.3. The summed E-state index contributed by atoms with van der Waals surface area (Å²) in [5.74, 6) is 0. The summed E-state index contributed by atoms with van der Waals surface area (Å²) in [5, 5.41) is 2.98. The smallest absolute Gasteiger partial charge is 0.372 e. The van der Waals surface area contributed by atoms with Gasteiger partial charge in [-0.15, -0.1) is 0 Å². The molecule has 27 heavy (non-hydrogen) atoms. The Morgan fingerprint density at radius 3 is 2.22 bits per heavy atom. The van der Waals surface area contributed by atoms with E-state index >= 15 is 0 Å². The molecule has 0 spiro atoms. The lowest BCUT2D eigenvalue weighted by Crippen LogP contribution is -2.53. The number of rotatable bonds is 10. The van der Waals surface area contributed by atoms with E-state index in [-0.39, 0.29) is 12.6 Å². The zero-order valence-corrected chi connectivity index (χ0v) is 17.0. The van der Waals surface area contributed by atoms with Crippen LogP contribution in [0.3, 0.4) is 0 Å². The molecule has 1 aliphatic rings. The minimum atomic E-state index is -4.26. The van der Waals surface area contributed by atoms with Gasteiger partial charge in [0.05, 0.1) is 0 Å². The van der Waals surface area contributed by atoms with E-state index in [1.165, 1.54) is 0 Å². The Labute approximate surface area is 161 Å². The first-order valence-corrected chi connectivity index (χ1v) is 9.75. The van der Waals surface area contributed by atoms with E-state index in [1.54, 1.807) is 4.90 Å². The number of hydrogen-bond acceptors (Lipinski definition) is 4. The van der Waals surface area contributed by atoms with Crippen LogP contribution in [0.2, 0.25) is 0 Å². The van der Waals surface area contributed by atoms with Gasteiger partial charge in [0.1, 0.15) is 6.61 Å². The van der Waals surface area contributed by atoms with Gasteiger partial charge < -0.3 is 15.0 Å². The lowest BCUT2D eigenvalue weighted by Gasteiger charge is -2.35. The third-order valence-electron chi connectivity index (χ3n) is 4.66. The van der Waals surface area contributed by atoms with Gasteiger partial charge in [0, 0.05) is 64.5 Å². The number of piperazine rings is 1. The Morgan fingerprint density at radius 1 is 1.11 bits per heavy atom. The minimum Gasteiger partial charge on any atom is -0.372 e. The summed E-state index contributed by atoms with van der Waals surface area (Å²) in [4.78, 5) is 18.6. The molecule has 0 bridgehead atoms.